The van der Waals surface area contributed by atoms with Gasteiger partial charge < -0.3 is 14.6 Å². The van der Waals surface area contributed by atoms with Crippen molar-refractivity contribution in [3.63, 3.8) is 0 Å². The van der Waals surface area contributed by atoms with Gasteiger partial charge >= 0.3 is 11.8 Å². The molecule has 4 nitrogen and oxygen atoms in total. The van der Waals surface area contributed by atoms with Crippen LogP contribution in [0.25, 0.3) is 0 Å². The first-order valence-electron chi connectivity index (χ1n) is 7.67. The molecule has 1 heterocycles. The Kier molecular flexibility index (Phi) is 3.42. The minimum absolute atomic E-state index is 0.162. The highest BCUT2D eigenvalue weighted by Crippen LogP contribution is 2.49. The van der Waals surface area contributed by atoms with Gasteiger partial charge in [0.25, 0.3) is 0 Å². The smallest absolute Gasteiger partial charge is 0.338 e. The number of benzene rings is 3. The fourth-order valence-electron chi connectivity index (χ4n) is 2.92. The molecule has 0 atom stereocenters. The van der Waals surface area contributed by atoms with Crippen molar-refractivity contribution in [3.8, 4) is 11.5 Å². The Morgan fingerprint density at radius 1 is 0.840 bits per heavy atom. The van der Waals surface area contributed by atoms with E-state index < -0.39 is 23.1 Å². The lowest BCUT2D eigenvalue weighted by Gasteiger charge is -2.28. The van der Waals surface area contributed by atoms with Crippen LogP contribution in [-0.4, -0.2) is 11.1 Å². The third-order valence-electron chi connectivity index (χ3n) is 4.10. The van der Waals surface area contributed by atoms with Gasteiger partial charge in [-0.15, -0.1) is 0 Å². The molecule has 0 aliphatic carbocycles. The molecule has 0 saturated heterocycles. The van der Waals surface area contributed by atoms with Crippen LogP contribution in [0.3, 0.4) is 0 Å². The SMILES string of the molecule is O=C(O)c1ccc2c(c1F)OC(c1ccccc1)(c1ccccc1)O2. The van der Waals surface area contributed by atoms with Gasteiger partial charge in [0, 0.05) is 11.1 Å². The van der Waals surface area contributed by atoms with Crippen LogP contribution in [0.5, 0.6) is 11.5 Å². The van der Waals surface area contributed by atoms with Gasteiger partial charge in [0.2, 0.25) is 5.75 Å². The average molecular weight is 336 g/mol. The van der Waals surface area contributed by atoms with Crippen molar-refractivity contribution in [2.75, 3.05) is 0 Å². The van der Waals surface area contributed by atoms with E-state index in [2.05, 4.69) is 0 Å². The summed E-state index contributed by atoms with van der Waals surface area (Å²) in [6, 6.07) is 20.9. The highest BCUT2D eigenvalue weighted by molar-refractivity contribution is 5.89. The van der Waals surface area contributed by atoms with E-state index in [-0.39, 0.29) is 11.5 Å². The summed E-state index contributed by atoms with van der Waals surface area (Å²) in [5, 5.41) is 9.12. The van der Waals surface area contributed by atoms with Crippen LogP contribution in [0.2, 0.25) is 0 Å². The number of carboxylic acid groups (broad SMARTS) is 1. The summed E-state index contributed by atoms with van der Waals surface area (Å²) in [5.41, 5.74) is 0.890. The van der Waals surface area contributed by atoms with Gasteiger partial charge in [0.1, 0.15) is 0 Å². The predicted octanol–water partition coefficient (Wildman–Crippen LogP) is 4.20. The summed E-state index contributed by atoms with van der Waals surface area (Å²) >= 11 is 0. The maximum atomic E-state index is 14.6. The van der Waals surface area contributed by atoms with Gasteiger partial charge in [-0.2, -0.15) is 0 Å². The Hall–Kier alpha value is -3.34. The van der Waals surface area contributed by atoms with E-state index in [0.29, 0.717) is 11.1 Å². The number of ether oxygens (including phenoxy) is 2. The van der Waals surface area contributed by atoms with Gasteiger partial charge in [0.05, 0.1) is 5.56 Å². The van der Waals surface area contributed by atoms with Crippen molar-refractivity contribution in [2.24, 2.45) is 0 Å². The molecule has 0 spiro atoms. The van der Waals surface area contributed by atoms with E-state index >= 15 is 0 Å². The summed E-state index contributed by atoms with van der Waals surface area (Å²) in [7, 11) is 0. The van der Waals surface area contributed by atoms with Crippen molar-refractivity contribution in [1.82, 2.24) is 0 Å². The molecule has 4 rings (SSSR count). The van der Waals surface area contributed by atoms with Crippen LogP contribution in [-0.2, 0) is 5.79 Å². The number of hydrogen-bond donors (Lipinski definition) is 1. The number of carboxylic acids is 1. The molecule has 0 aromatic heterocycles. The quantitative estimate of drug-likeness (QED) is 0.779. The molecule has 3 aromatic rings. The van der Waals surface area contributed by atoms with Gasteiger partial charge in [-0.25, -0.2) is 9.18 Å². The lowest BCUT2D eigenvalue weighted by molar-refractivity contribution is -0.0473. The van der Waals surface area contributed by atoms with E-state index in [1.807, 2.05) is 60.7 Å². The molecule has 5 heteroatoms. The van der Waals surface area contributed by atoms with Crippen LogP contribution in [0, 0.1) is 5.82 Å². The largest absolute Gasteiger partial charge is 0.478 e. The Morgan fingerprint density at radius 2 is 1.40 bits per heavy atom. The van der Waals surface area contributed by atoms with Gasteiger partial charge in [-0.3, -0.25) is 0 Å². The van der Waals surface area contributed by atoms with Gasteiger partial charge in [0.15, 0.2) is 11.6 Å². The summed E-state index contributed by atoms with van der Waals surface area (Å²) in [6.07, 6.45) is 0. The van der Waals surface area contributed by atoms with Gasteiger partial charge in [-0.1, -0.05) is 60.7 Å². The summed E-state index contributed by atoms with van der Waals surface area (Å²) in [4.78, 5) is 11.2. The normalized spacial score (nSPS) is 14.3. The molecule has 0 unspecified atom stereocenters. The number of rotatable bonds is 3. The number of carbonyl (C=O) groups is 1. The first-order chi connectivity index (χ1) is 12.1. The fraction of sp³-hybridized carbons (Fsp3) is 0.0500. The maximum absolute atomic E-state index is 14.6. The highest BCUT2D eigenvalue weighted by atomic mass is 19.1. The minimum Gasteiger partial charge on any atom is -0.478 e. The van der Waals surface area contributed by atoms with Crippen molar-refractivity contribution in [1.29, 1.82) is 0 Å². The Labute approximate surface area is 143 Å². The van der Waals surface area contributed by atoms with E-state index in [1.165, 1.54) is 12.1 Å². The number of aromatic carboxylic acids is 1. The molecule has 3 aromatic carbocycles. The maximum Gasteiger partial charge on any atom is 0.338 e. The van der Waals surface area contributed by atoms with Crippen LogP contribution in [0.15, 0.2) is 72.8 Å². The Bertz CT molecular complexity index is 899. The number of fused-ring (bicyclic) bond motifs is 1. The van der Waals surface area contributed by atoms with E-state index in [1.54, 1.807) is 0 Å². The fourth-order valence-corrected chi connectivity index (χ4v) is 2.92. The van der Waals surface area contributed by atoms with Crippen LogP contribution < -0.4 is 9.47 Å². The molecular formula is C20H13FO4. The molecular weight excluding hydrogens is 323 g/mol. The zero-order valence-corrected chi connectivity index (χ0v) is 13.0. The second-order valence-electron chi connectivity index (χ2n) is 5.61. The first-order valence-corrected chi connectivity index (χ1v) is 7.67. The second-order valence-corrected chi connectivity index (χ2v) is 5.61. The lowest BCUT2D eigenvalue weighted by Crippen LogP contribution is -2.36. The molecule has 25 heavy (non-hydrogen) atoms. The first kappa shape index (κ1) is 15.2. The molecule has 1 aliphatic rings. The second kappa shape index (κ2) is 5.63. The topological polar surface area (TPSA) is 55.8 Å². The molecule has 0 bridgehead atoms. The standard InChI is InChI=1S/C20H13FO4/c21-17-15(19(22)23)11-12-16-18(17)25-20(24-16,13-7-3-1-4-8-13)14-9-5-2-6-10-14/h1-12H,(H,22,23). The lowest BCUT2D eigenvalue weighted by atomic mass is 9.97. The van der Waals surface area contributed by atoms with E-state index in [0.717, 1.165) is 0 Å². The highest BCUT2D eigenvalue weighted by Gasteiger charge is 2.47. The zero-order valence-electron chi connectivity index (χ0n) is 13.0. The molecule has 0 radical (unpaired) electrons. The third-order valence-corrected chi connectivity index (χ3v) is 4.10. The monoisotopic (exact) mass is 336 g/mol. The van der Waals surface area contributed by atoms with Crippen LogP contribution in [0.4, 0.5) is 4.39 Å². The third kappa shape index (κ3) is 2.32. The van der Waals surface area contributed by atoms with Gasteiger partial charge in [-0.05, 0) is 12.1 Å². The summed E-state index contributed by atoms with van der Waals surface area (Å²) < 4.78 is 26.6. The Balaban J connectivity index is 1.91. The van der Waals surface area contributed by atoms with Crippen molar-refractivity contribution in [2.45, 2.75) is 5.79 Å². The van der Waals surface area contributed by atoms with E-state index in [4.69, 9.17) is 14.6 Å². The predicted molar refractivity (Wildman–Crippen MR) is 88.3 cm³/mol. The average Bonchev–Trinajstić information content (AvgIpc) is 3.05. The summed E-state index contributed by atoms with van der Waals surface area (Å²) in [5.74, 6) is -3.72. The van der Waals surface area contributed by atoms with Crippen LogP contribution in [0.1, 0.15) is 21.5 Å². The molecule has 0 amide bonds. The van der Waals surface area contributed by atoms with Crippen molar-refractivity contribution < 1.29 is 23.8 Å². The van der Waals surface area contributed by atoms with Crippen LogP contribution >= 0.6 is 0 Å². The minimum atomic E-state index is -1.37. The molecule has 1 N–H and O–H groups in total. The number of hydrogen-bond acceptors (Lipinski definition) is 3. The molecule has 0 saturated carbocycles. The summed E-state index contributed by atoms with van der Waals surface area (Å²) in [6.45, 7) is 0. The number of halogens is 1. The van der Waals surface area contributed by atoms with Crippen molar-refractivity contribution in [3.05, 3.63) is 95.3 Å². The molecule has 0 fully saturated rings. The van der Waals surface area contributed by atoms with E-state index in [9.17, 15) is 9.18 Å². The molecule has 1 aliphatic heterocycles. The zero-order chi connectivity index (χ0) is 17.4. The Morgan fingerprint density at radius 3 is 1.92 bits per heavy atom. The molecule has 124 valence electrons. The van der Waals surface area contributed by atoms with Crippen molar-refractivity contribution >= 4 is 5.97 Å².